The van der Waals surface area contributed by atoms with Crippen LogP contribution in [-0.2, 0) is 23.4 Å². The van der Waals surface area contributed by atoms with E-state index in [9.17, 15) is 9.50 Å². The standard InChI is InChI=1S/C34H35ClFN3O4/c1-21(40)23-6-9-29-30(16-23)39(18-25-12-15-41-25)32(37-29)19-38-13-10-22(11-14-38)26-4-3-5-31-33(26)43-34(2,20-42-31)27-8-7-24(35)17-28(27)36/h3-9,16-17,22,25,40H,1,10-15,18-20H2,2H3/t25-,34-/m0/s1. The number of piperidine rings is 1. The molecule has 3 aliphatic rings. The maximum atomic E-state index is 14.9. The molecule has 3 aromatic carbocycles. The second-order valence-corrected chi connectivity index (χ2v) is 12.5. The fraction of sp³-hybridized carbons (Fsp3) is 0.382. The molecule has 0 amide bonds. The van der Waals surface area contributed by atoms with E-state index in [1.54, 1.807) is 12.1 Å². The molecule has 1 aromatic heterocycles. The minimum Gasteiger partial charge on any atom is -0.508 e. The number of fused-ring (bicyclic) bond motifs is 2. The Morgan fingerprint density at radius 2 is 1.95 bits per heavy atom. The molecule has 0 bridgehead atoms. The average molecular weight is 604 g/mol. The molecule has 7 nitrogen and oxygen atoms in total. The number of imidazole rings is 1. The van der Waals surface area contributed by atoms with E-state index < -0.39 is 11.4 Å². The van der Waals surface area contributed by atoms with E-state index in [1.807, 2.05) is 37.3 Å². The number of para-hydroxylation sites is 1. The molecule has 2 saturated heterocycles. The number of benzene rings is 3. The van der Waals surface area contributed by atoms with Crippen LogP contribution in [0.4, 0.5) is 4.39 Å². The number of likely N-dealkylation sites (tertiary alicyclic amines) is 1. The summed E-state index contributed by atoms with van der Waals surface area (Å²) in [6.45, 7) is 9.84. The van der Waals surface area contributed by atoms with E-state index in [0.29, 0.717) is 27.6 Å². The third-order valence-corrected chi connectivity index (χ3v) is 9.31. The summed E-state index contributed by atoms with van der Waals surface area (Å²) in [6, 6.07) is 16.5. The summed E-state index contributed by atoms with van der Waals surface area (Å²) >= 11 is 6.01. The molecule has 0 aliphatic carbocycles. The monoisotopic (exact) mass is 603 g/mol. The van der Waals surface area contributed by atoms with Gasteiger partial charge >= 0.3 is 0 Å². The van der Waals surface area contributed by atoms with Crippen LogP contribution in [0.15, 0.2) is 61.2 Å². The Morgan fingerprint density at radius 1 is 1.14 bits per heavy atom. The fourth-order valence-corrected chi connectivity index (χ4v) is 6.67. The highest BCUT2D eigenvalue weighted by Gasteiger charge is 2.39. The summed E-state index contributed by atoms with van der Waals surface area (Å²) in [5.74, 6) is 2.33. The number of hydrogen-bond acceptors (Lipinski definition) is 6. The van der Waals surface area contributed by atoms with Gasteiger partial charge in [-0.15, -0.1) is 0 Å². The molecule has 43 heavy (non-hydrogen) atoms. The van der Waals surface area contributed by atoms with Gasteiger partial charge in [-0.2, -0.15) is 0 Å². The summed E-state index contributed by atoms with van der Waals surface area (Å²) < 4.78 is 35.7. The number of rotatable bonds is 7. The van der Waals surface area contributed by atoms with Crippen molar-refractivity contribution in [1.82, 2.24) is 14.5 Å². The zero-order valence-corrected chi connectivity index (χ0v) is 24.9. The van der Waals surface area contributed by atoms with Crippen LogP contribution in [0.25, 0.3) is 16.8 Å². The van der Waals surface area contributed by atoms with Crippen LogP contribution in [0.5, 0.6) is 11.5 Å². The van der Waals surface area contributed by atoms with Crippen molar-refractivity contribution in [3.63, 3.8) is 0 Å². The molecule has 0 saturated carbocycles. The van der Waals surface area contributed by atoms with Gasteiger partial charge in [0.05, 0.1) is 30.2 Å². The average Bonchev–Trinajstić information content (AvgIpc) is 3.30. The number of aromatic nitrogens is 2. The summed E-state index contributed by atoms with van der Waals surface area (Å²) in [4.78, 5) is 7.44. The molecule has 2 fully saturated rings. The van der Waals surface area contributed by atoms with E-state index in [0.717, 1.165) is 74.5 Å². The number of aliphatic hydroxyl groups is 1. The molecule has 4 heterocycles. The molecule has 0 radical (unpaired) electrons. The molecule has 9 heteroatoms. The Balaban J connectivity index is 1.09. The maximum absolute atomic E-state index is 14.9. The Morgan fingerprint density at radius 3 is 2.67 bits per heavy atom. The second kappa shape index (κ2) is 11.2. The van der Waals surface area contributed by atoms with Crippen molar-refractivity contribution in [3.8, 4) is 11.5 Å². The Bertz CT molecular complexity index is 1690. The van der Waals surface area contributed by atoms with E-state index in [1.165, 1.54) is 6.07 Å². The predicted molar refractivity (Wildman–Crippen MR) is 164 cm³/mol. The fourth-order valence-electron chi connectivity index (χ4n) is 6.51. The van der Waals surface area contributed by atoms with Gasteiger partial charge in [-0.05, 0) is 81.6 Å². The Labute approximate surface area is 255 Å². The summed E-state index contributed by atoms with van der Waals surface area (Å²) in [6.07, 6.45) is 3.12. The van der Waals surface area contributed by atoms with Gasteiger partial charge in [0.25, 0.3) is 0 Å². The van der Waals surface area contributed by atoms with Crippen LogP contribution < -0.4 is 9.47 Å². The molecule has 224 valence electrons. The lowest BCUT2D eigenvalue weighted by Crippen LogP contribution is -2.41. The van der Waals surface area contributed by atoms with Crippen LogP contribution in [0.2, 0.25) is 5.02 Å². The highest BCUT2D eigenvalue weighted by molar-refractivity contribution is 6.30. The molecular weight excluding hydrogens is 569 g/mol. The zero-order valence-electron chi connectivity index (χ0n) is 24.2. The van der Waals surface area contributed by atoms with Crippen molar-refractivity contribution in [1.29, 1.82) is 0 Å². The van der Waals surface area contributed by atoms with Gasteiger partial charge in [0.1, 0.15) is 24.0 Å². The van der Waals surface area contributed by atoms with Gasteiger partial charge in [0.2, 0.25) is 0 Å². The van der Waals surface area contributed by atoms with Crippen LogP contribution in [0.3, 0.4) is 0 Å². The van der Waals surface area contributed by atoms with Crippen molar-refractivity contribution in [2.45, 2.75) is 56.9 Å². The van der Waals surface area contributed by atoms with E-state index >= 15 is 0 Å². The van der Waals surface area contributed by atoms with Gasteiger partial charge in [0.15, 0.2) is 17.1 Å². The first-order chi connectivity index (χ1) is 20.8. The summed E-state index contributed by atoms with van der Waals surface area (Å²) in [5, 5.41) is 10.3. The van der Waals surface area contributed by atoms with Crippen molar-refractivity contribution >= 4 is 28.4 Å². The normalized spacial score (nSPS) is 22.4. The highest BCUT2D eigenvalue weighted by Crippen LogP contribution is 2.46. The third kappa shape index (κ3) is 5.37. The van der Waals surface area contributed by atoms with Gasteiger partial charge in [-0.1, -0.05) is 36.4 Å². The number of nitrogens with zero attached hydrogens (tertiary/aromatic N) is 3. The van der Waals surface area contributed by atoms with Crippen molar-refractivity contribution in [3.05, 3.63) is 94.5 Å². The Kier molecular flexibility index (Phi) is 7.32. The number of aliphatic hydroxyl groups excluding tert-OH is 1. The predicted octanol–water partition coefficient (Wildman–Crippen LogP) is 7.21. The van der Waals surface area contributed by atoms with E-state index in [2.05, 4.69) is 22.1 Å². The van der Waals surface area contributed by atoms with Crippen molar-refractivity contribution in [2.24, 2.45) is 0 Å². The minimum absolute atomic E-state index is 0.0502. The van der Waals surface area contributed by atoms with Gasteiger partial charge in [0, 0.05) is 28.3 Å². The zero-order chi connectivity index (χ0) is 29.7. The first-order valence-corrected chi connectivity index (χ1v) is 15.3. The lowest BCUT2D eigenvalue weighted by molar-refractivity contribution is -0.0592. The lowest BCUT2D eigenvalue weighted by atomic mass is 9.87. The van der Waals surface area contributed by atoms with Gasteiger partial charge in [-0.25, -0.2) is 9.37 Å². The molecule has 7 rings (SSSR count). The second-order valence-electron chi connectivity index (χ2n) is 12.0. The van der Waals surface area contributed by atoms with Gasteiger partial charge in [-0.3, -0.25) is 4.90 Å². The van der Waals surface area contributed by atoms with Crippen molar-refractivity contribution < 1.29 is 23.7 Å². The minimum atomic E-state index is -0.968. The molecule has 2 atom stereocenters. The molecular formula is C34H35ClFN3O4. The first-order valence-electron chi connectivity index (χ1n) is 14.9. The molecule has 0 spiro atoms. The van der Waals surface area contributed by atoms with E-state index in [-0.39, 0.29) is 24.4 Å². The highest BCUT2D eigenvalue weighted by atomic mass is 35.5. The number of ether oxygens (including phenoxy) is 3. The first kappa shape index (κ1) is 28.2. The quantitative estimate of drug-likeness (QED) is 0.225. The largest absolute Gasteiger partial charge is 0.508 e. The smallest absolute Gasteiger partial charge is 0.168 e. The van der Waals surface area contributed by atoms with Crippen LogP contribution >= 0.6 is 11.6 Å². The molecule has 4 aromatic rings. The summed E-state index contributed by atoms with van der Waals surface area (Å²) in [5.41, 5.74) is 3.15. The van der Waals surface area contributed by atoms with Crippen LogP contribution in [0.1, 0.15) is 54.6 Å². The van der Waals surface area contributed by atoms with Crippen molar-refractivity contribution in [2.75, 3.05) is 26.3 Å². The number of halogens is 2. The number of hydrogen-bond donors (Lipinski definition) is 1. The van der Waals surface area contributed by atoms with Crippen LogP contribution in [0, 0.1) is 5.82 Å². The van der Waals surface area contributed by atoms with E-state index in [4.69, 9.17) is 30.8 Å². The maximum Gasteiger partial charge on any atom is 0.168 e. The molecule has 0 unspecified atom stereocenters. The van der Waals surface area contributed by atoms with Gasteiger partial charge < -0.3 is 23.9 Å². The Hall–Kier alpha value is -3.59. The topological polar surface area (TPSA) is 69.0 Å². The molecule has 3 aliphatic heterocycles. The van der Waals surface area contributed by atoms with Crippen LogP contribution in [-0.4, -0.2) is 52.0 Å². The third-order valence-electron chi connectivity index (χ3n) is 9.07. The molecule has 1 N–H and O–H groups in total. The SMILES string of the molecule is C=C(O)c1ccc2nc(CN3CCC(c4cccc5c4O[C@](C)(c4ccc(Cl)cc4F)CO5)CC3)n(C[C@@H]3CCO3)c2c1. The lowest BCUT2D eigenvalue weighted by Gasteiger charge is -2.39. The summed E-state index contributed by atoms with van der Waals surface area (Å²) in [7, 11) is 0.